The first kappa shape index (κ1) is 16.3. The van der Waals surface area contributed by atoms with Crippen LogP contribution in [0.15, 0.2) is 24.3 Å². The molecule has 1 aromatic heterocycles. The lowest BCUT2D eigenvalue weighted by Crippen LogP contribution is -2.51. The van der Waals surface area contributed by atoms with Crippen LogP contribution >= 0.6 is 11.3 Å². The van der Waals surface area contributed by atoms with Gasteiger partial charge in [0.15, 0.2) is 0 Å². The number of rotatable bonds is 2. The molecule has 4 rings (SSSR count). The van der Waals surface area contributed by atoms with Crippen LogP contribution in [0.2, 0.25) is 0 Å². The Labute approximate surface area is 149 Å². The van der Waals surface area contributed by atoms with Gasteiger partial charge in [0.05, 0.1) is 26.2 Å². The molecular formula is C17H20N4O3S. The number of amides is 1. The smallest absolute Gasteiger partial charge is 0.229 e. The number of carbonyl (C=O) groups is 1. The molecule has 25 heavy (non-hydrogen) atoms. The molecule has 1 amide bonds. The number of anilines is 1. The van der Waals surface area contributed by atoms with Crippen LogP contribution in [0.4, 0.5) is 5.13 Å². The van der Waals surface area contributed by atoms with Crippen molar-refractivity contribution in [3.8, 4) is 5.75 Å². The van der Waals surface area contributed by atoms with Gasteiger partial charge in [0.2, 0.25) is 11.0 Å². The van der Waals surface area contributed by atoms with Gasteiger partial charge in [-0.2, -0.15) is 0 Å². The summed E-state index contributed by atoms with van der Waals surface area (Å²) in [6.45, 7) is 2.39. The molecule has 2 aliphatic rings. The van der Waals surface area contributed by atoms with Crippen molar-refractivity contribution in [2.45, 2.75) is 31.4 Å². The zero-order valence-corrected chi connectivity index (χ0v) is 14.6. The van der Waals surface area contributed by atoms with Crippen molar-refractivity contribution in [2.75, 3.05) is 25.5 Å². The third-order valence-electron chi connectivity index (χ3n) is 4.68. The average Bonchev–Trinajstić information content (AvgIpc) is 2.94. The second-order valence-electron chi connectivity index (χ2n) is 6.47. The lowest BCUT2D eigenvalue weighted by Gasteiger charge is -2.38. The van der Waals surface area contributed by atoms with E-state index in [0.29, 0.717) is 36.4 Å². The van der Waals surface area contributed by atoms with Gasteiger partial charge in [-0.1, -0.05) is 29.5 Å². The summed E-state index contributed by atoms with van der Waals surface area (Å²) in [5.41, 5.74) is 6.25. The summed E-state index contributed by atoms with van der Waals surface area (Å²) in [5.74, 6) is 0.877. The highest BCUT2D eigenvalue weighted by Crippen LogP contribution is 2.35. The van der Waals surface area contributed by atoms with Crippen LogP contribution in [-0.4, -0.2) is 46.4 Å². The Bertz CT molecular complexity index is 773. The Balaban J connectivity index is 1.61. The van der Waals surface area contributed by atoms with Crippen molar-refractivity contribution in [2.24, 2.45) is 0 Å². The minimum atomic E-state index is -0.388. The maximum atomic E-state index is 12.9. The molecule has 2 aliphatic heterocycles. The van der Waals surface area contributed by atoms with Gasteiger partial charge in [-0.25, -0.2) is 0 Å². The summed E-state index contributed by atoms with van der Waals surface area (Å²) in [5, 5.41) is 8.78. The minimum absolute atomic E-state index is 0.0160. The van der Waals surface area contributed by atoms with Crippen molar-refractivity contribution in [3.63, 3.8) is 0 Å². The number of nitrogen functional groups attached to an aromatic ring is 1. The average molecular weight is 360 g/mol. The van der Waals surface area contributed by atoms with E-state index < -0.39 is 0 Å². The number of ether oxygens (including phenoxy) is 2. The van der Waals surface area contributed by atoms with Gasteiger partial charge in [-0.3, -0.25) is 4.79 Å². The van der Waals surface area contributed by atoms with Crippen LogP contribution in [-0.2, 0) is 22.5 Å². The first-order chi connectivity index (χ1) is 12.1. The zero-order chi connectivity index (χ0) is 17.3. The van der Waals surface area contributed by atoms with Gasteiger partial charge in [0.25, 0.3) is 0 Å². The summed E-state index contributed by atoms with van der Waals surface area (Å²) in [6.07, 6.45) is 1.76. The molecule has 0 aliphatic carbocycles. The first-order valence-electron chi connectivity index (χ1n) is 8.34. The van der Waals surface area contributed by atoms with Gasteiger partial charge in [-0.05, 0) is 6.07 Å². The van der Waals surface area contributed by atoms with Crippen molar-refractivity contribution < 1.29 is 14.3 Å². The standard InChI is InChI=1S/C17H20N4O3S/c18-16-20-19-14(25-16)9-15(22)21-10-12-3-1-2-4-13(12)24-17(11-21)5-7-23-8-6-17/h1-4H,5-11H2,(H2,18,20). The predicted octanol–water partition coefficient (Wildman–Crippen LogP) is 1.63. The number of nitrogens with zero attached hydrogens (tertiary/aromatic N) is 3. The summed E-state index contributed by atoms with van der Waals surface area (Å²) in [6, 6.07) is 7.93. The van der Waals surface area contributed by atoms with Crippen molar-refractivity contribution in [1.29, 1.82) is 0 Å². The predicted molar refractivity (Wildman–Crippen MR) is 93.3 cm³/mol. The Kier molecular flexibility index (Phi) is 4.30. The zero-order valence-electron chi connectivity index (χ0n) is 13.8. The molecule has 0 bridgehead atoms. The Morgan fingerprint density at radius 2 is 2.08 bits per heavy atom. The highest BCUT2D eigenvalue weighted by atomic mass is 32.1. The molecular weight excluding hydrogens is 340 g/mol. The number of aromatic nitrogens is 2. The molecule has 0 unspecified atom stereocenters. The van der Waals surface area contributed by atoms with Crippen LogP contribution in [0.3, 0.4) is 0 Å². The molecule has 132 valence electrons. The largest absolute Gasteiger partial charge is 0.485 e. The van der Waals surface area contributed by atoms with E-state index in [9.17, 15) is 4.79 Å². The lowest BCUT2D eigenvalue weighted by atomic mass is 9.93. The van der Waals surface area contributed by atoms with Gasteiger partial charge in [0, 0.05) is 24.9 Å². The highest BCUT2D eigenvalue weighted by Gasteiger charge is 2.40. The molecule has 1 spiro atoms. The monoisotopic (exact) mass is 360 g/mol. The molecule has 1 aromatic carbocycles. The van der Waals surface area contributed by atoms with Crippen LogP contribution < -0.4 is 10.5 Å². The maximum Gasteiger partial charge on any atom is 0.229 e. The maximum absolute atomic E-state index is 12.9. The quantitative estimate of drug-likeness (QED) is 0.875. The van der Waals surface area contributed by atoms with E-state index in [0.717, 1.165) is 24.2 Å². The van der Waals surface area contributed by atoms with Crippen LogP contribution in [0.25, 0.3) is 0 Å². The summed E-state index contributed by atoms with van der Waals surface area (Å²) >= 11 is 1.25. The fraction of sp³-hybridized carbons (Fsp3) is 0.471. The SMILES string of the molecule is Nc1nnc(CC(=O)N2Cc3ccccc3OC3(CCOCC3)C2)s1. The Morgan fingerprint density at radius 1 is 1.28 bits per heavy atom. The highest BCUT2D eigenvalue weighted by molar-refractivity contribution is 7.15. The van der Waals surface area contributed by atoms with Crippen molar-refractivity contribution in [1.82, 2.24) is 15.1 Å². The topological polar surface area (TPSA) is 90.6 Å². The summed E-state index contributed by atoms with van der Waals surface area (Å²) < 4.78 is 11.9. The number of benzene rings is 1. The number of carbonyl (C=O) groups excluding carboxylic acids is 1. The van der Waals surface area contributed by atoms with Crippen LogP contribution in [0.5, 0.6) is 5.75 Å². The third kappa shape index (κ3) is 3.45. The lowest BCUT2D eigenvalue weighted by molar-refractivity contribution is -0.135. The van der Waals surface area contributed by atoms with Gasteiger partial charge >= 0.3 is 0 Å². The molecule has 8 heteroatoms. The van der Waals surface area contributed by atoms with Crippen LogP contribution in [0.1, 0.15) is 23.4 Å². The fourth-order valence-electron chi connectivity index (χ4n) is 3.37. The molecule has 3 heterocycles. The van der Waals surface area contributed by atoms with E-state index in [1.807, 2.05) is 29.2 Å². The summed E-state index contributed by atoms with van der Waals surface area (Å²) in [4.78, 5) is 14.8. The van der Waals surface area contributed by atoms with Gasteiger partial charge in [-0.15, -0.1) is 10.2 Å². The summed E-state index contributed by atoms with van der Waals surface area (Å²) in [7, 11) is 0. The van der Waals surface area contributed by atoms with Crippen molar-refractivity contribution in [3.05, 3.63) is 34.8 Å². The van der Waals surface area contributed by atoms with E-state index in [1.165, 1.54) is 11.3 Å². The molecule has 0 radical (unpaired) electrons. The molecule has 1 fully saturated rings. The van der Waals surface area contributed by atoms with E-state index in [2.05, 4.69) is 10.2 Å². The fourth-order valence-corrected chi connectivity index (χ4v) is 3.97. The molecule has 7 nitrogen and oxygen atoms in total. The normalized spacial score (nSPS) is 19.1. The Hall–Kier alpha value is -2.19. The second-order valence-corrected chi connectivity index (χ2v) is 7.56. The van der Waals surface area contributed by atoms with Crippen LogP contribution in [0, 0.1) is 0 Å². The first-order valence-corrected chi connectivity index (χ1v) is 9.16. The minimum Gasteiger partial charge on any atom is -0.485 e. The molecule has 1 saturated heterocycles. The third-order valence-corrected chi connectivity index (χ3v) is 5.43. The number of para-hydroxylation sites is 1. The molecule has 2 N–H and O–H groups in total. The number of hydrogen-bond donors (Lipinski definition) is 1. The van der Waals surface area contributed by atoms with E-state index >= 15 is 0 Å². The number of hydrogen-bond acceptors (Lipinski definition) is 7. The van der Waals surface area contributed by atoms with E-state index in [4.69, 9.17) is 15.2 Å². The molecule has 0 atom stereocenters. The molecule has 0 saturated carbocycles. The number of nitrogens with two attached hydrogens (primary N) is 1. The Morgan fingerprint density at radius 3 is 2.84 bits per heavy atom. The number of fused-ring (bicyclic) bond motifs is 1. The molecule has 2 aromatic rings. The second kappa shape index (κ2) is 6.61. The van der Waals surface area contributed by atoms with Crippen molar-refractivity contribution >= 4 is 22.4 Å². The van der Waals surface area contributed by atoms with E-state index in [1.54, 1.807) is 0 Å². The van der Waals surface area contributed by atoms with Gasteiger partial charge in [0.1, 0.15) is 16.4 Å². The van der Waals surface area contributed by atoms with E-state index in [-0.39, 0.29) is 17.9 Å². The van der Waals surface area contributed by atoms with Gasteiger partial charge < -0.3 is 20.1 Å².